The second-order valence-corrected chi connectivity index (χ2v) is 10.3. The van der Waals surface area contributed by atoms with Gasteiger partial charge in [-0.2, -0.15) is 0 Å². The van der Waals surface area contributed by atoms with Gasteiger partial charge in [-0.15, -0.1) is 11.3 Å². The lowest BCUT2D eigenvalue weighted by molar-refractivity contribution is -0.118. The number of fused-ring (bicyclic) bond motifs is 2. The molecule has 1 amide bonds. The van der Waals surface area contributed by atoms with Gasteiger partial charge in [-0.25, -0.2) is 19.3 Å². The van der Waals surface area contributed by atoms with Crippen molar-refractivity contribution in [2.45, 2.75) is 34.9 Å². The van der Waals surface area contributed by atoms with Crippen molar-refractivity contribution in [2.24, 2.45) is 11.7 Å². The Morgan fingerprint density at radius 3 is 3.09 bits per heavy atom. The molecule has 10 heteroatoms. The van der Waals surface area contributed by atoms with Gasteiger partial charge >= 0.3 is 0 Å². The first-order valence-electron chi connectivity index (χ1n) is 10.5. The van der Waals surface area contributed by atoms with Crippen molar-refractivity contribution in [3.8, 4) is 0 Å². The van der Waals surface area contributed by atoms with Crippen LogP contribution in [0.5, 0.6) is 0 Å². The number of halogens is 1. The highest BCUT2D eigenvalue weighted by Gasteiger charge is 2.37. The normalized spacial score (nSPS) is 20.7. The van der Waals surface area contributed by atoms with Crippen LogP contribution in [0, 0.1) is 5.92 Å². The van der Waals surface area contributed by atoms with Gasteiger partial charge < -0.3 is 10.6 Å². The summed E-state index contributed by atoms with van der Waals surface area (Å²) in [4.78, 5) is 28.2. The molecule has 0 radical (unpaired) electrons. The molecule has 1 aliphatic rings. The molecule has 1 fully saturated rings. The van der Waals surface area contributed by atoms with Crippen LogP contribution in [0.3, 0.4) is 0 Å². The van der Waals surface area contributed by atoms with Gasteiger partial charge in [-0.05, 0) is 44.3 Å². The third kappa shape index (κ3) is 4.22. The van der Waals surface area contributed by atoms with Crippen molar-refractivity contribution in [3.63, 3.8) is 0 Å². The number of carbonyl (C=O) groups is 1. The quantitative estimate of drug-likeness (QED) is 0.462. The van der Waals surface area contributed by atoms with E-state index in [1.807, 2.05) is 40.7 Å². The first-order valence-corrected chi connectivity index (χ1v) is 12.1. The van der Waals surface area contributed by atoms with Crippen LogP contribution >= 0.6 is 23.1 Å². The molecule has 0 spiro atoms. The van der Waals surface area contributed by atoms with Crippen molar-refractivity contribution in [1.29, 1.82) is 0 Å². The summed E-state index contributed by atoms with van der Waals surface area (Å²) < 4.78 is 17.9. The van der Waals surface area contributed by atoms with Gasteiger partial charge in [0.25, 0.3) is 0 Å². The van der Waals surface area contributed by atoms with Crippen molar-refractivity contribution in [2.75, 3.05) is 20.1 Å². The number of likely N-dealkylation sites (tertiary alicyclic amines) is 1. The molecule has 166 valence electrons. The van der Waals surface area contributed by atoms with Crippen LogP contribution in [0.1, 0.15) is 23.8 Å². The van der Waals surface area contributed by atoms with E-state index in [0.29, 0.717) is 18.7 Å². The molecule has 3 aromatic heterocycles. The minimum absolute atomic E-state index is 0.116. The number of alkyl halides is 1. The number of imidazole rings is 1. The largest absolute Gasteiger partial charge is 0.370 e. The number of nitrogens with two attached hydrogens (primary N) is 1. The van der Waals surface area contributed by atoms with Crippen molar-refractivity contribution >= 4 is 45.0 Å². The zero-order chi connectivity index (χ0) is 22.2. The number of carbonyl (C=O) groups excluding carboxylic acids is 1. The average molecular weight is 471 g/mol. The Balaban J connectivity index is 1.44. The first-order chi connectivity index (χ1) is 15.5. The Hall–Kier alpha value is -2.56. The van der Waals surface area contributed by atoms with Gasteiger partial charge in [-0.3, -0.25) is 9.20 Å². The Bertz CT molecular complexity index is 1270. The second kappa shape index (κ2) is 8.76. The fourth-order valence-corrected chi connectivity index (χ4v) is 6.47. The predicted octanol–water partition coefficient (Wildman–Crippen LogP) is 3.74. The number of thiazole rings is 1. The smallest absolute Gasteiger partial charge is 0.234 e. The molecule has 1 aromatic carbocycles. The molecule has 4 aromatic rings. The maximum atomic E-state index is 14.9. The molecule has 1 saturated heterocycles. The summed E-state index contributed by atoms with van der Waals surface area (Å²) in [5, 5.41) is 1.76. The summed E-state index contributed by atoms with van der Waals surface area (Å²) in [6, 6.07) is 7.95. The number of amides is 1. The van der Waals surface area contributed by atoms with Crippen LogP contribution in [0.4, 0.5) is 4.39 Å². The highest BCUT2D eigenvalue weighted by molar-refractivity contribution is 7.99. The number of rotatable bonds is 6. The number of benzene rings is 1. The summed E-state index contributed by atoms with van der Waals surface area (Å²) in [6.07, 6.45) is 5.26. The molecule has 3 atom stereocenters. The zero-order valence-electron chi connectivity index (χ0n) is 17.5. The van der Waals surface area contributed by atoms with E-state index in [-0.39, 0.29) is 18.3 Å². The van der Waals surface area contributed by atoms with Crippen LogP contribution in [0.2, 0.25) is 0 Å². The van der Waals surface area contributed by atoms with E-state index in [1.54, 1.807) is 24.2 Å². The van der Waals surface area contributed by atoms with Gasteiger partial charge in [0, 0.05) is 42.1 Å². The lowest BCUT2D eigenvalue weighted by Crippen LogP contribution is -2.42. The highest BCUT2D eigenvalue weighted by Crippen LogP contribution is 2.41. The molecule has 0 bridgehead atoms. The molecule has 1 aliphatic heterocycles. The maximum absolute atomic E-state index is 14.9. The molecule has 4 heterocycles. The van der Waals surface area contributed by atoms with E-state index < -0.39 is 12.1 Å². The number of hydrogen-bond donors (Lipinski definition) is 1. The van der Waals surface area contributed by atoms with Crippen LogP contribution in [0.15, 0.2) is 52.8 Å². The van der Waals surface area contributed by atoms with Gasteiger partial charge in [0.1, 0.15) is 11.2 Å². The fourth-order valence-electron chi connectivity index (χ4n) is 4.31. The maximum Gasteiger partial charge on any atom is 0.234 e. The molecule has 2 N–H and O–H groups in total. The molecule has 0 saturated carbocycles. The zero-order valence-corrected chi connectivity index (χ0v) is 19.2. The van der Waals surface area contributed by atoms with Gasteiger partial charge in [0.2, 0.25) is 11.7 Å². The van der Waals surface area contributed by atoms with Crippen molar-refractivity contribution in [1.82, 2.24) is 24.3 Å². The second-order valence-electron chi connectivity index (χ2n) is 8.18. The Morgan fingerprint density at radius 2 is 2.28 bits per heavy atom. The molecule has 0 aliphatic carbocycles. The minimum Gasteiger partial charge on any atom is -0.370 e. The number of nitrogens with zero attached hydrogens (tertiary/aromatic N) is 5. The summed E-state index contributed by atoms with van der Waals surface area (Å²) in [5.41, 5.74) is 6.39. The molecule has 3 unspecified atom stereocenters. The van der Waals surface area contributed by atoms with Crippen LogP contribution in [-0.4, -0.2) is 56.5 Å². The summed E-state index contributed by atoms with van der Waals surface area (Å²) in [7, 11) is 1.92. The third-order valence-corrected chi connectivity index (χ3v) is 8.05. The Morgan fingerprint density at radius 1 is 1.41 bits per heavy atom. The molecular weight excluding hydrogens is 447 g/mol. The molecule has 7 nitrogen and oxygen atoms in total. The van der Waals surface area contributed by atoms with E-state index in [2.05, 4.69) is 16.0 Å². The monoisotopic (exact) mass is 470 g/mol. The van der Waals surface area contributed by atoms with Crippen LogP contribution in [0.25, 0.3) is 16.0 Å². The SMILES string of the molecule is CN1CCC(C(CC(N)=O)c2nc3ccc(Sc4cnc5ncccn45)cc3s2)C(F)C1. The van der Waals surface area contributed by atoms with Crippen molar-refractivity contribution in [3.05, 3.63) is 47.9 Å². The van der Waals surface area contributed by atoms with Crippen LogP contribution in [-0.2, 0) is 4.79 Å². The standard InChI is InChI=1S/C22H23FN6OS2/c1-28-8-5-14(16(23)12-28)15(10-19(24)30)21-27-17-4-3-13(9-18(17)32-21)31-20-11-26-22-25-6-2-7-29(20)22/h2-4,6-7,9,11,14-16H,5,8,10,12H2,1H3,(H2,24,30). The van der Waals surface area contributed by atoms with E-state index >= 15 is 0 Å². The van der Waals surface area contributed by atoms with E-state index in [4.69, 9.17) is 10.7 Å². The number of aromatic nitrogens is 4. The van der Waals surface area contributed by atoms with Gasteiger partial charge in [0.05, 0.1) is 21.4 Å². The number of hydrogen-bond acceptors (Lipinski definition) is 7. The number of primary amides is 1. The lowest BCUT2D eigenvalue weighted by atomic mass is 9.81. The van der Waals surface area contributed by atoms with Crippen molar-refractivity contribution < 1.29 is 9.18 Å². The summed E-state index contributed by atoms with van der Waals surface area (Å²) >= 11 is 3.12. The summed E-state index contributed by atoms with van der Waals surface area (Å²) in [6.45, 7) is 1.18. The topological polar surface area (TPSA) is 89.4 Å². The highest BCUT2D eigenvalue weighted by atomic mass is 32.2. The molecule has 5 rings (SSSR count). The van der Waals surface area contributed by atoms with E-state index in [0.717, 1.165) is 31.7 Å². The molecular formula is C22H23FN6OS2. The van der Waals surface area contributed by atoms with Gasteiger partial charge in [0.15, 0.2) is 0 Å². The lowest BCUT2D eigenvalue weighted by Gasteiger charge is -2.36. The average Bonchev–Trinajstić information content (AvgIpc) is 3.36. The third-order valence-electron chi connectivity index (χ3n) is 5.90. The fraction of sp³-hybridized carbons (Fsp3) is 0.364. The first kappa shape index (κ1) is 21.3. The van der Waals surface area contributed by atoms with E-state index in [9.17, 15) is 9.18 Å². The minimum atomic E-state index is -1.00. The van der Waals surface area contributed by atoms with Gasteiger partial charge in [-0.1, -0.05) is 11.8 Å². The number of piperidine rings is 1. The van der Waals surface area contributed by atoms with Crippen LogP contribution < -0.4 is 5.73 Å². The molecule has 32 heavy (non-hydrogen) atoms. The van der Waals surface area contributed by atoms with E-state index in [1.165, 1.54) is 11.3 Å². The Labute approximate surface area is 192 Å². The summed E-state index contributed by atoms with van der Waals surface area (Å²) in [5.74, 6) is -0.310. The Kier molecular flexibility index (Phi) is 5.83. The predicted molar refractivity (Wildman–Crippen MR) is 124 cm³/mol.